The fourth-order valence-electron chi connectivity index (χ4n) is 3.97. The molecule has 2 bridgehead atoms. The van der Waals surface area contributed by atoms with Gasteiger partial charge in [-0.3, -0.25) is 0 Å². The van der Waals surface area contributed by atoms with Crippen molar-refractivity contribution in [1.82, 2.24) is 10.1 Å². The molecule has 2 saturated carbocycles. The molecule has 2 fully saturated rings. The van der Waals surface area contributed by atoms with Crippen LogP contribution >= 0.6 is 0 Å². The summed E-state index contributed by atoms with van der Waals surface area (Å²) >= 11 is 0. The second-order valence-corrected chi connectivity index (χ2v) is 6.26. The number of benzene rings is 1. The third-order valence-electron chi connectivity index (χ3n) is 4.98. The van der Waals surface area contributed by atoms with Crippen molar-refractivity contribution >= 4 is 0 Å². The lowest BCUT2D eigenvalue weighted by atomic mass is 9.85. The van der Waals surface area contributed by atoms with Gasteiger partial charge in [-0.05, 0) is 44.1 Å². The van der Waals surface area contributed by atoms with Crippen molar-refractivity contribution in [2.24, 2.45) is 17.6 Å². The van der Waals surface area contributed by atoms with Gasteiger partial charge in [-0.2, -0.15) is 4.98 Å². The molecule has 1 aromatic carbocycles. The molecule has 104 valence electrons. The van der Waals surface area contributed by atoms with E-state index in [1.54, 1.807) is 0 Å². The average Bonchev–Trinajstić information content (AvgIpc) is 3.13. The summed E-state index contributed by atoms with van der Waals surface area (Å²) < 4.78 is 5.52. The highest BCUT2D eigenvalue weighted by atomic mass is 16.5. The Labute approximate surface area is 118 Å². The first-order valence-electron chi connectivity index (χ1n) is 7.38. The summed E-state index contributed by atoms with van der Waals surface area (Å²) in [6, 6.07) is 8.37. The molecule has 4 unspecified atom stereocenters. The molecule has 0 spiro atoms. The van der Waals surface area contributed by atoms with E-state index in [1.165, 1.54) is 24.8 Å². The summed E-state index contributed by atoms with van der Waals surface area (Å²) in [6.07, 6.45) is 3.75. The highest BCUT2D eigenvalue weighted by Gasteiger charge is 2.48. The van der Waals surface area contributed by atoms with Gasteiger partial charge in [0, 0.05) is 11.6 Å². The van der Waals surface area contributed by atoms with Gasteiger partial charge in [0.25, 0.3) is 0 Å². The van der Waals surface area contributed by atoms with Crippen LogP contribution in [-0.4, -0.2) is 16.2 Å². The molecule has 2 aliphatic carbocycles. The Morgan fingerprint density at radius 2 is 2.10 bits per heavy atom. The van der Waals surface area contributed by atoms with Crippen molar-refractivity contribution in [3.63, 3.8) is 0 Å². The Kier molecular flexibility index (Phi) is 2.67. The second kappa shape index (κ2) is 4.42. The Hall–Kier alpha value is -1.68. The van der Waals surface area contributed by atoms with Crippen LogP contribution in [0.25, 0.3) is 11.4 Å². The summed E-state index contributed by atoms with van der Waals surface area (Å²) in [5.74, 6) is 2.97. The van der Waals surface area contributed by atoms with Crippen molar-refractivity contribution in [3.8, 4) is 11.4 Å². The molecule has 0 saturated heterocycles. The van der Waals surface area contributed by atoms with Crippen LogP contribution < -0.4 is 5.73 Å². The van der Waals surface area contributed by atoms with Gasteiger partial charge < -0.3 is 10.3 Å². The lowest BCUT2D eigenvalue weighted by molar-refractivity contribution is 0.279. The Bertz CT molecular complexity index is 634. The topological polar surface area (TPSA) is 64.9 Å². The molecule has 1 heterocycles. The van der Waals surface area contributed by atoms with Crippen LogP contribution in [0.3, 0.4) is 0 Å². The van der Waals surface area contributed by atoms with E-state index in [9.17, 15) is 0 Å². The standard InChI is InChI=1S/C16H19N3O/c1-9-3-2-4-12(7-9)15-18-16(20-19-15)13-10-5-6-11(8-10)14(13)17/h2-4,7,10-11,13-14H,5-6,8,17H2,1H3. The van der Waals surface area contributed by atoms with Gasteiger partial charge in [-0.1, -0.05) is 28.9 Å². The number of nitrogens with two attached hydrogens (primary N) is 1. The van der Waals surface area contributed by atoms with Crippen molar-refractivity contribution < 1.29 is 4.52 Å². The average molecular weight is 269 g/mol. The van der Waals surface area contributed by atoms with E-state index in [4.69, 9.17) is 10.3 Å². The maximum atomic E-state index is 6.34. The summed E-state index contributed by atoms with van der Waals surface area (Å²) in [5.41, 5.74) is 8.55. The maximum Gasteiger partial charge on any atom is 0.231 e. The van der Waals surface area contributed by atoms with Crippen LogP contribution in [0.5, 0.6) is 0 Å². The fraction of sp³-hybridized carbons (Fsp3) is 0.500. The monoisotopic (exact) mass is 269 g/mol. The molecule has 0 radical (unpaired) electrons. The van der Waals surface area contributed by atoms with Crippen LogP contribution in [0.2, 0.25) is 0 Å². The van der Waals surface area contributed by atoms with Gasteiger partial charge in [0.15, 0.2) is 0 Å². The summed E-state index contributed by atoms with van der Waals surface area (Å²) in [4.78, 5) is 4.62. The molecule has 1 aromatic heterocycles. The van der Waals surface area contributed by atoms with E-state index in [1.807, 2.05) is 12.1 Å². The fourth-order valence-corrected chi connectivity index (χ4v) is 3.97. The number of aromatic nitrogens is 2. The highest BCUT2D eigenvalue weighted by molar-refractivity contribution is 5.55. The van der Waals surface area contributed by atoms with Gasteiger partial charge >= 0.3 is 0 Å². The molecule has 0 aliphatic heterocycles. The number of nitrogens with zero attached hydrogens (tertiary/aromatic N) is 2. The first kappa shape index (κ1) is 12.1. The second-order valence-electron chi connectivity index (χ2n) is 6.26. The van der Waals surface area contributed by atoms with E-state index in [-0.39, 0.29) is 12.0 Å². The van der Waals surface area contributed by atoms with Crippen molar-refractivity contribution in [1.29, 1.82) is 0 Å². The molecular weight excluding hydrogens is 250 g/mol. The molecule has 20 heavy (non-hydrogen) atoms. The third kappa shape index (κ3) is 1.79. The zero-order chi connectivity index (χ0) is 13.7. The molecule has 4 rings (SSSR count). The molecule has 4 nitrogen and oxygen atoms in total. The molecular formula is C16H19N3O. The normalized spacial score (nSPS) is 31.9. The Balaban J connectivity index is 1.66. The number of rotatable bonds is 2. The van der Waals surface area contributed by atoms with E-state index in [2.05, 4.69) is 29.2 Å². The van der Waals surface area contributed by atoms with Crippen LogP contribution in [0.15, 0.2) is 28.8 Å². The van der Waals surface area contributed by atoms with Gasteiger partial charge in [0.05, 0.1) is 5.92 Å². The Morgan fingerprint density at radius 1 is 1.25 bits per heavy atom. The quantitative estimate of drug-likeness (QED) is 0.910. The predicted molar refractivity (Wildman–Crippen MR) is 76.0 cm³/mol. The number of fused-ring (bicyclic) bond motifs is 2. The van der Waals surface area contributed by atoms with Crippen molar-refractivity contribution in [3.05, 3.63) is 35.7 Å². The van der Waals surface area contributed by atoms with E-state index in [0.29, 0.717) is 17.7 Å². The molecule has 2 aromatic rings. The van der Waals surface area contributed by atoms with Crippen LogP contribution in [-0.2, 0) is 0 Å². The first-order valence-corrected chi connectivity index (χ1v) is 7.38. The largest absolute Gasteiger partial charge is 0.339 e. The van der Waals surface area contributed by atoms with Crippen molar-refractivity contribution in [2.75, 3.05) is 0 Å². The van der Waals surface area contributed by atoms with E-state index in [0.717, 1.165) is 11.5 Å². The predicted octanol–water partition coefficient (Wildman–Crippen LogP) is 2.89. The third-order valence-corrected chi connectivity index (χ3v) is 4.98. The van der Waals surface area contributed by atoms with Gasteiger partial charge in [-0.25, -0.2) is 0 Å². The lowest BCUT2D eigenvalue weighted by Crippen LogP contribution is -2.34. The first-order chi connectivity index (χ1) is 9.72. The number of hydrogen-bond donors (Lipinski definition) is 1. The molecule has 2 aliphatic rings. The van der Waals surface area contributed by atoms with Crippen LogP contribution in [0.4, 0.5) is 0 Å². The van der Waals surface area contributed by atoms with E-state index >= 15 is 0 Å². The Morgan fingerprint density at radius 3 is 2.85 bits per heavy atom. The van der Waals surface area contributed by atoms with Crippen molar-refractivity contribution in [2.45, 2.75) is 38.1 Å². The van der Waals surface area contributed by atoms with Gasteiger partial charge in [0.2, 0.25) is 11.7 Å². The lowest BCUT2D eigenvalue weighted by Gasteiger charge is -2.24. The van der Waals surface area contributed by atoms with Gasteiger partial charge in [0.1, 0.15) is 0 Å². The molecule has 0 amide bonds. The number of hydrogen-bond acceptors (Lipinski definition) is 4. The minimum absolute atomic E-state index is 0.194. The number of aryl methyl sites for hydroxylation is 1. The highest BCUT2D eigenvalue weighted by Crippen LogP contribution is 2.51. The SMILES string of the molecule is Cc1cccc(-c2noc(C3C4CCC(C4)C3N)n2)c1. The van der Waals surface area contributed by atoms with Crippen LogP contribution in [0.1, 0.15) is 36.6 Å². The molecule has 4 atom stereocenters. The summed E-state index contributed by atoms with van der Waals surface area (Å²) in [7, 11) is 0. The van der Waals surface area contributed by atoms with Gasteiger partial charge in [-0.15, -0.1) is 0 Å². The zero-order valence-electron chi connectivity index (χ0n) is 11.6. The molecule has 2 N–H and O–H groups in total. The maximum absolute atomic E-state index is 6.34. The van der Waals surface area contributed by atoms with Crippen LogP contribution in [0, 0.1) is 18.8 Å². The minimum Gasteiger partial charge on any atom is -0.339 e. The smallest absolute Gasteiger partial charge is 0.231 e. The summed E-state index contributed by atoms with van der Waals surface area (Å²) in [6.45, 7) is 2.07. The minimum atomic E-state index is 0.194. The van der Waals surface area contributed by atoms with E-state index < -0.39 is 0 Å². The molecule has 4 heteroatoms. The summed E-state index contributed by atoms with van der Waals surface area (Å²) in [5, 5.41) is 4.15. The zero-order valence-corrected chi connectivity index (χ0v) is 11.6.